The van der Waals surface area contributed by atoms with Gasteiger partial charge in [-0.15, -0.1) is 0 Å². The van der Waals surface area contributed by atoms with E-state index in [1.807, 2.05) is 17.9 Å². The zero-order valence-corrected chi connectivity index (χ0v) is 15.1. The Bertz CT molecular complexity index is 557. The standard InChI is InChI=1S/C19H31N3O/c1-16(2)7-5-10-19(3)11-9-18(23)22(15-19)12-6-8-17-13-20-21(4)14-17/h7,13-14H,5-6,8-12,15H2,1-4H3. The highest BCUT2D eigenvalue weighted by Crippen LogP contribution is 2.35. The number of aryl methyl sites for hydroxylation is 2. The molecular formula is C19H31N3O. The van der Waals surface area contributed by atoms with Gasteiger partial charge < -0.3 is 4.90 Å². The van der Waals surface area contributed by atoms with Gasteiger partial charge in [0, 0.05) is 32.8 Å². The van der Waals surface area contributed by atoms with Crippen molar-refractivity contribution in [2.75, 3.05) is 13.1 Å². The van der Waals surface area contributed by atoms with Gasteiger partial charge in [-0.2, -0.15) is 5.10 Å². The van der Waals surface area contributed by atoms with Gasteiger partial charge in [0.15, 0.2) is 0 Å². The van der Waals surface area contributed by atoms with E-state index in [4.69, 9.17) is 0 Å². The molecule has 4 nitrogen and oxygen atoms in total. The van der Waals surface area contributed by atoms with Gasteiger partial charge >= 0.3 is 0 Å². The minimum Gasteiger partial charge on any atom is -0.342 e. The Hall–Kier alpha value is -1.58. The molecular weight excluding hydrogens is 286 g/mol. The van der Waals surface area contributed by atoms with Crippen molar-refractivity contribution in [3.05, 3.63) is 29.6 Å². The maximum absolute atomic E-state index is 12.2. The molecule has 1 aliphatic rings. The molecule has 1 saturated heterocycles. The molecule has 0 N–H and O–H groups in total. The number of hydrogen-bond acceptors (Lipinski definition) is 2. The Morgan fingerprint density at radius 3 is 2.87 bits per heavy atom. The van der Waals surface area contributed by atoms with Crippen molar-refractivity contribution < 1.29 is 4.79 Å². The predicted molar refractivity (Wildman–Crippen MR) is 94.1 cm³/mol. The van der Waals surface area contributed by atoms with Crippen molar-refractivity contribution in [2.24, 2.45) is 12.5 Å². The van der Waals surface area contributed by atoms with Gasteiger partial charge in [-0.25, -0.2) is 0 Å². The molecule has 1 aliphatic heterocycles. The van der Waals surface area contributed by atoms with E-state index in [0.717, 1.165) is 38.8 Å². The number of piperidine rings is 1. The number of carbonyl (C=O) groups excluding carboxylic acids is 1. The highest BCUT2D eigenvalue weighted by Gasteiger charge is 2.33. The van der Waals surface area contributed by atoms with Gasteiger partial charge in [-0.1, -0.05) is 18.6 Å². The minimum atomic E-state index is 0.272. The van der Waals surface area contributed by atoms with E-state index in [-0.39, 0.29) is 5.41 Å². The van der Waals surface area contributed by atoms with Crippen LogP contribution in [-0.4, -0.2) is 33.7 Å². The molecule has 2 rings (SSSR count). The van der Waals surface area contributed by atoms with Gasteiger partial charge in [0.25, 0.3) is 0 Å². The second-order valence-electron chi connectivity index (χ2n) is 7.57. The average molecular weight is 317 g/mol. The normalized spacial score (nSPS) is 21.6. The lowest BCUT2D eigenvalue weighted by Crippen LogP contribution is -2.45. The Balaban J connectivity index is 1.82. The summed E-state index contributed by atoms with van der Waals surface area (Å²) in [5.41, 5.74) is 2.91. The lowest BCUT2D eigenvalue weighted by atomic mass is 9.77. The summed E-state index contributed by atoms with van der Waals surface area (Å²) < 4.78 is 1.84. The molecule has 128 valence electrons. The second kappa shape index (κ2) is 7.80. The van der Waals surface area contributed by atoms with Crippen LogP contribution < -0.4 is 0 Å². The first-order chi connectivity index (χ1) is 10.9. The number of nitrogens with zero attached hydrogens (tertiary/aromatic N) is 3. The quantitative estimate of drug-likeness (QED) is 0.719. The number of amides is 1. The molecule has 23 heavy (non-hydrogen) atoms. The molecule has 0 spiro atoms. The first kappa shape index (κ1) is 17.8. The van der Waals surface area contributed by atoms with Crippen LogP contribution in [0.25, 0.3) is 0 Å². The van der Waals surface area contributed by atoms with Crippen LogP contribution in [0.15, 0.2) is 24.0 Å². The van der Waals surface area contributed by atoms with Crippen LogP contribution in [0.2, 0.25) is 0 Å². The number of allylic oxidation sites excluding steroid dienone is 2. The van der Waals surface area contributed by atoms with Crippen LogP contribution in [0.5, 0.6) is 0 Å². The SMILES string of the molecule is CC(C)=CCCC1(C)CCC(=O)N(CCCc2cnn(C)c2)C1. The molecule has 1 aromatic rings. The molecule has 1 fully saturated rings. The highest BCUT2D eigenvalue weighted by molar-refractivity contribution is 5.77. The van der Waals surface area contributed by atoms with Crippen molar-refractivity contribution in [3.8, 4) is 0 Å². The van der Waals surface area contributed by atoms with Gasteiger partial charge in [0.05, 0.1) is 6.20 Å². The lowest BCUT2D eigenvalue weighted by Gasteiger charge is -2.40. The molecule has 0 aromatic carbocycles. The fourth-order valence-electron chi connectivity index (χ4n) is 3.39. The largest absolute Gasteiger partial charge is 0.342 e. The lowest BCUT2D eigenvalue weighted by molar-refractivity contribution is -0.137. The zero-order valence-electron chi connectivity index (χ0n) is 15.1. The maximum atomic E-state index is 12.2. The molecule has 2 heterocycles. The molecule has 1 aromatic heterocycles. The number of hydrogen-bond donors (Lipinski definition) is 0. The van der Waals surface area contributed by atoms with Crippen molar-refractivity contribution in [1.29, 1.82) is 0 Å². The number of rotatable bonds is 7. The summed E-state index contributed by atoms with van der Waals surface area (Å²) in [7, 11) is 1.94. The Morgan fingerprint density at radius 2 is 2.22 bits per heavy atom. The predicted octanol–water partition coefficient (Wildman–Crippen LogP) is 3.73. The third-order valence-electron chi connectivity index (χ3n) is 4.82. The zero-order chi connectivity index (χ0) is 16.9. The Morgan fingerprint density at radius 1 is 1.43 bits per heavy atom. The van der Waals surface area contributed by atoms with Crippen LogP contribution in [0.1, 0.15) is 58.4 Å². The summed E-state index contributed by atoms with van der Waals surface area (Å²) >= 11 is 0. The van der Waals surface area contributed by atoms with E-state index >= 15 is 0 Å². The third kappa shape index (κ3) is 5.52. The monoisotopic (exact) mass is 317 g/mol. The molecule has 1 unspecified atom stereocenters. The van der Waals surface area contributed by atoms with Crippen molar-refractivity contribution in [2.45, 2.75) is 59.3 Å². The first-order valence-corrected chi connectivity index (χ1v) is 8.77. The van der Waals surface area contributed by atoms with Crippen molar-refractivity contribution >= 4 is 5.91 Å². The number of carbonyl (C=O) groups is 1. The summed E-state index contributed by atoms with van der Waals surface area (Å²) in [5.74, 6) is 0.330. The molecule has 4 heteroatoms. The van der Waals surface area contributed by atoms with Crippen LogP contribution in [-0.2, 0) is 18.3 Å². The van der Waals surface area contributed by atoms with Crippen molar-refractivity contribution in [1.82, 2.24) is 14.7 Å². The Kier molecular flexibility index (Phi) is 6.03. The van der Waals surface area contributed by atoms with Gasteiger partial charge in [-0.05, 0) is 56.9 Å². The summed E-state index contributed by atoms with van der Waals surface area (Å²) in [6.07, 6.45) is 12.3. The van der Waals surface area contributed by atoms with Crippen molar-refractivity contribution in [3.63, 3.8) is 0 Å². The topological polar surface area (TPSA) is 38.1 Å². The molecule has 1 atom stereocenters. The van der Waals surface area contributed by atoms with E-state index in [1.165, 1.54) is 17.6 Å². The van der Waals surface area contributed by atoms with E-state index in [9.17, 15) is 4.79 Å². The molecule has 0 aliphatic carbocycles. The van der Waals surface area contributed by atoms with Crippen LogP contribution >= 0.6 is 0 Å². The summed E-state index contributed by atoms with van der Waals surface area (Å²) in [6, 6.07) is 0. The van der Waals surface area contributed by atoms with E-state index < -0.39 is 0 Å². The van der Waals surface area contributed by atoms with Gasteiger partial charge in [0.2, 0.25) is 5.91 Å². The average Bonchev–Trinajstić information content (AvgIpc) is 2.88. The van der Waals surface area contributed by atoms with E-state index in [1.54, 1.807) is 0 Å². The fraction of sp³-hybridized carbons (Fsp3) is 0.684. The first-order valence-electron chi connectivity index (χ1n) is 8.77. The van der Waals surface area contributed by atoms with E-state index in [2.05, 4.69) is 43.0 Å². The summed E-state index contributed by atoms with van der Waals surface area (Å²) in [6.45, 7) is 8.42. The molecule has 0 bridgehead atoms. The maximum Gasteiger partial charge on any atom is 0.222 e. The van der Waals surface area contributed by atoms with Crippen LogP contribution in [0.4, 0.5) is 0 Å². The fourth-order valence-corrected chi connectivity index (χ4v) is 3.39. The number of aromatic nitrogens is 2. The second-order valence-corrected chi connectivity index (χ2v) is 7.57. The summed E-state index contributed by atoms with van der Waals surface area (Å²) in [4.78, 5) is 14.3. The number of likely N-dealkylation sites (tertiary alicyclic amines) is 1. The summed E-state index contributed by atoms with van der Waals surface area (Å²) in [5, 5.41) is 4.20. The molecule has 1 amide bonds. The molecule has 0 radical (unpaired) electrons. The smallest absolute Gasteiger partial charge is 0.222 e. The van der Waals surface area contributed by atoms with Gasteiger partial charge in [0.1, 0.15) is 0 Å². The highest BCUT2D eigenvalue weighted by atomic mass is 16.2. The van der Waals surface area contributed by atoms with Gasteiger partial charge in [-0.3, -0.25) is 9.48 Å². The van der Waals surface area contributed by atoms with E-state index in [0.29, 0.717) is 12.3 Å². The minimum absolute atomic E-state index is 0.272. The Labute approximate surface area is 140 Å². The van der Waals surface area contributed by atoms with Crippen LogP contribution in [0, 0.1) is 5.41 Å². The molecule has 0 saturated carbocycles. The third-order valence-corrected chi connectivity index (χ3v) is 4.82. The van der Waals surface area contributed by atoms with Crippen LogP contribution in [0.3, 0.4) is 0 Å².